The van der Waals surface area contributed by atoms with Gasteiger partial charge in [-0.05, 0) is 82.7 Å². The van der Waals surface area contributed by atoms with Gasteiger partial charge in [0.15, 0.2) is 15.7 Å². The molecule has 2 aromatic carbocycles. The maximum Gasteiger partial charge on any atom is 0.251 e. The molecular weight excluding hydrogens is 602 g/mol. The van der Waals surface area contributed by atoms with E-state index in [1.807, 2.05) is 4.90 Å². The number of hydrogen-bond acceptors (Lipinski definition) is 9. The monoisotopic (exact) mass is 641 g/mol. The molecule has 3 aromatic rings. The lowest BCUT2D eigenvalue weighted by molar-refractivity contribution is -0.142. The SMILES string of the molecule is CO[C@H](C)C(=O)N1CCC(c2c(C)cc(Nc3ncc(Cl)c(Nc4ccccc4S(=O)(=O)C(C)C)n3)c3c2C[C@H](C)O3)CC1. The molecule has 2 atom stereocenters. The largest absolute Gasteiger partial charge is 0.488 e. The third-order valence-electron chi connectivity index (χ3n) is 8.41. The number of amides is 1. The Kier molecular flexibility index (Phi) is 9.38. The van der Waals surface area contributed by atoms with Crippen molar-refractivity contribution in [2.45, 2.75) is 82.2 Å². The molecule has 2 aliphatic heterocycles. The first-order chi connectivity index (χ1) is 20.9. The van der Waals surface area contributed by atoms with Crippen LogP contribution in [0.4, 0.5) is 23.1 Å². The van der Waals surface area contributed by atoms with Gasteiger partial charge in [0.05, 0.1) is 27.7 Å². The van der Waals surface area contributed by atoms with Gasteiger partial charge in [-0.3, -0.25) is 4.79 Å². The number of nitrogens with one attached hydrogen (secondary N) is 2. The number of benzene rings is 2. The van der Waals surface area contributed by atoms with E-state index in [0.717, 1.165) is 36.3 Å². The average molecular weight is 642 g/mol. The average Bonchev–Trinajstić information content (AvgIpc) is 3.39. The van der Waals surface area contributed by atoms with Crippen molar-refractivity contribution >= 4 is 50.5 Å². The molecule has 12 heteroatoms. The zero-order valence-corrected chi connectivity index (χ0v) is 27.6. The van der Waals surface area contributed by atoms with Crippen molar-refractivity contribution in [2.75, 3.05) is 30.8 Å². The normalized spacial score (nSPS) is 17.7. The molecule has 0 aliphatic carbocycles. The summed E-state index contributed by atoms with van der Waals surface area (Å²) in [5.74, 6) is 1.70. The second kappa shape index (κ2) is 12.9. The fourth-order valence-corrected chi connectivity index (χ4v) is 7.33. The number of fused-ring (bicyclic) bond motifs is 1. The molecule has 0 saturated carbocycles. The van der Waals surface area contributed by atoms with Crippen LogP contribution in [0.2, 0.25) is 5.02 Å². The molecule has 5 rings (SSSR count). The summed E-state index contributed by atoms with van der Waals surface area (Å²) in [4.78, 5) is 23.7. The maximum atomic E-state index is 13.0. The van der Waals surface area contributed by atoms with Crippen molar-refractivity contribution in [1.82, 2.24) is 14.9 Å². The predicted octanol–water partition coefficient (Wildman–Crippen LogP) is 6.17. The molecule has 1 saturated heterocycles. The molecule has 1 fully saturated rings. The summed E-state index contributed by atoms with van der Waals surface area (Å²) < 4.78 is 37.5. The first-order valence-corrected chi connectivity index (χ1v) is 16.9. The van der Waals surface area contributed by atoms with Gasteiger partial charge < -0.3 is 25.0 Å². The first kappa shape index (κ1) is 32.0. The van der Waals surface area contributed by atoms with Gasteiger partial charge in [0, 0.05) is 32.2 Å². The highest BCUT2D eigenvalue weighted by Crippen LogP contribution is 2.46. The van der Waals surface area contributed by atoms with Crippen molar-refractivity contribution in [3.8, 4) is 5.75 Å². The van der Waals surface area contributed by atoms with Crippen LogP contribution in [0.15, 0.2) is 41.4 Å². The third kappa shape index (κ3) is 6.36. The van der Waals surface area contributed by atoms with Gasteiger partial charge in [0.2, 0.25) is 5.95 Å². The fourth-order valence-electron chi connectivity index (χ4n) is 5.99. The highest BCUT2D eigenvalue weighted by atomic mass is 35.5. The molecule has 10 nitrogen and oxygen atoms in total. The summed E-state index contributed by atoms with van der Waals surface area (Å²) in [6, 6.07) is 8.76. The summed E-state index contributed by atoms with van der Waals surface area (Å²) in [5, 5.41) is 6.09. The molecule has 1 amide bonds. The Morgan fingerprint density at radius 3 is 2.52 bits per heavy atom. The number of likely N-dealkylation sites (tertiary alicyclic amines) is 1. The first-order valence-electron chi connectivity index (χ1n) is 14.9. The lowest BCUT2D eigenvalue weighted by atomic mass is 9.82. The van der Waals surface area contributed by atoms with Gasteiger partial charge in [-0.25, -0.2) is 13.4 Å². The molecule has 0 unspecified atom stereocenters. The third-order valence-corrected chi connectivity index (χ3v) is 10.9. The number of halogens is 1. The number of aryl methyl sites for hydroxylation is 1. The molecule has 2 aliphatic rings. The number of nitrogens with zero attached hydrogens (tertiary/aromatic N) is 3. The minimum atomic E-state index is -3.55. The molecule has 236 valence electrons. The standard InChI is InChI=1S/C32H40ClN5O5S/c1-18(2)44(40,41)27-10-8-7-9-25(27)35-30-24(33)17-34-32(37-30)36-26-15-19(3)28(23-16-20(4)43-29(23)26)22-11-13-38(14-12-22)31(39)21(5)42-6/h7-10,15,17-18,20-22H,11-14,16H2,1-6H3,(H2,34,35,36,37)/t20-,21+/m0/s1. The number of anilines is 4. The van der Waals surface area contributed by atoms with E-state index in [1.54, 1.807) is 52.1 Å². The summed E-state index contributed by atoms with van der Waals surface area (Å²) in [6.07, 6.45) is 3.59. The maximum absolute atomic E-state index is 13.0. The quantitative estimate of drug-likeness (QED) is 0.282. The molecule has 2 N–H and O–H groups in total. The highest BCUT2D eigenvalue weighted by molar-refractivity contribution is 7.92. The molecule has 3 heterocycles. The number of aromatic nitrogens is 2. The summed E-state index contributed by atoms with van der Waals surface area (Å²) in [5.41, 5.74) is 4.75. The van der Waals surface area contributed by atoms with Crippen LogP contribution in [-0.4, -0.2) is 66.9 Å². The van der Waals surface area contributed by atoms with E-state index in [-0.39, 0.29) is 33.7 Å². The Hall–Kier alpha value is -3.41. The van der Waals surface area contributed by atoms with Gasteiger partial charge in [-0.2, -0.15) is 4.98 Å². The number of sulfone groups is 1. The molecule has 0 bridgehead atoms. The lowest BCUT2D eigenvalue weighted by Gasteiger charge is -2.35. The summed E-state index contributed by atoms with van der Waals surface area (Å²) in [6.45, 7) is 10.6. The molecule has 1 aromatic heterocycles. The molecular formula is C32H40ClN5O5S. The van der Waals surface area contributed by atoms with E-state index in [4.69, 9.17) is 21.1 Å². The minimum absolute atomic E-state index is 0.0121. The summed E-state index contributed by atoms with van der Waals surface area (Å²) >= 11 is 6.46. The van der Waals surface area contributed by atoms with Crippen molar-refractivity contribution in [2.24, 2.45) is 0 Å². The van der Waals surface area contributed by atoms with E-state index < -0.39 is 21.2 Å². The fraction of sp³-hybridized carbons (Fsp3) is 0.469. The van der Waals surface area contributed by atoms with Crippen molar-refractivity contribution in [3.63, 3.8) is 0 Å². The topological polar surface area (TPSA) is 123 Å². The van der Waals surface area contributed by atoms with Gasteiger partial charge >= 0.3 is 0 Å². The van der Waals surface area contributed by atoms with Crippen LogP contribution in [0.1, 0.15) is 63.1 Å². The van der Waals surface area contributed by atoms with E-state index in [9.17, 15) is 13.2 Å². The van der Waals surface area contributed by atoms with E-state index in [1.165, 1.54) is 17.3 Å². The van der Waals surface area contributed by atoms with E-state index in [2.05, 4.69) is 40.5 Å². The van der Waals surface area contributed by atoms with Crippen molar-refractivity contribution < 1.29 is 22.7 Å². The van der Waals surface area contributed by atoms with Crippen LogP contribution in [0.25, 0.3) is 0 Å². The van der Waals surface area contributed by atoms with Crippen molar-refractivity contribution in [3.05, 3.63) is 58.2 Å². The minimum Gasteiger partial charge on any atom is -0.488 e. The second-order valence-electron chi connectivity index (χ2n) is 11.8. The zero-order chi connectivity index (χ0) is 31.8. The number of piperidine rings is 1. The van der Waals surface area contributed by atoms with E-state index >= 15 is 0 Å². The van der Waals surface area contributed by atoms with Crippen LogP contribution in [0.5, 0.6) is 5.75 Å². The number of ether oxygens (including phenoxy) is 2. The smallest absolute Gasteiger partial charge is 0.251 e. The Morgan fingerprint density at radius 1 is 1.14 bits per heavy atom. The van der Waals surface area contributed by atoms with Crippen LogP contribution in [0, 0.1) is 6.92 Å². The van der Waals surface area contributed by atoms with Gasteiger partial charge in [0.1, 0.15) is 23.0 Å². The lowest BCUT2D eigenvalue weighted by Crippen LogP contribution is -2.43. The molecule has 44 heavy (non-hydrogen) atoms. The Labute approximate surface area is 264 Å². The van der Waals surface area contributed by atoms with Crippen molar-refractivity contribution in [1.29, 1.82) is 0 Å². The highest BCUT2D eigenvalue weighted by Gasteiger charge is 2.33. The number of para-hydroxylation sites is 1. The number of carbonyl (C=O) groups is 1. The number of carbonyl (C=O) groups excluding carboxylic acids is 1. The van der Waals surface area contributed by atoms with Gasteiger partial charge in [-0.1, -0.05) is 23.7 Å². The van der Waals surface area contributed by atoms with Crippen LogP contribution >= 0.6 is 11.6 Å². The Morgan fingerprint density at radius 2 is 1.84 bits per heavy atom. The zero-order valence-electron chi connectivity index (χ0n) is 26.0. The molecule has 0 spiro atoms. The number of hydrogen-bond donors (Lipinski definition) is 2. The molecule has 0 radical (unpaired) electrons. The van der Waals surface area contributed by atoms with Crippen LogP contribution < -0.4 is 15.4 Å². The predicted molar refractivity (Wildman–Crippen MR) is 172 cm³/mol. The number of methoxy groups -OCH3 is 1. The van der Waals surface area contributed by atoms with Crippen LogP contribution in [-0.2, 0) is 25.8 Å². The summed E-state index contributed by atoms with van der Waals surface area (Å²) in [7, 11) is -1.99. The van der Waals surface area contributed by atoms with Gasteiger partial charge in [-0.15, -0.1) is 0 Å². The van der Waals surface area contributed by atoms with Crippen LogP contribution in [0.3, 0.4) is 0 Å². The number of rotatable bonds is 9. The van der Waals surface area contributed by atoms with Gasteiger partial charge in [0.25, 0.3) is 5.91 Å². The van der Waals surface area contributed by atoms with E-state index in [0.29, 0.717) is 24.7 Å². The Balaban J connectivity index is 1.41. The Bertz CT molecular complexity index is 1660. The second-order valence-corrected chi connectivity index (χ2v) is 14.7.